The quantitative estimate of drug-likeness (QED) is 0.681. The van der Waals surface area contributed by atoms with E-state index >= 15 is 0 Å². The Labute approximate surface area is 95.4 Å². The molecule has 0 aliphatic heterocycles. The van der Waals surface area contributed by atoms with Gasteiger partial charge in [0.1, 0.15) is 6.04 Å². The van der Waals surface area contributed by atoms with Crippen molar-refractivity contribution in [1.82, 2.24) is 20.0 Å². The predicted molar refractivity (Wildman–Crippen MR) is 61.7 cm³/mol. The second-order valence-corrected chi connectivity index (χ2v) is 3.79. The van der Waals surface area contributed by atoms with Crippen molar-refractivity contribution in [2.45, 2.75) is 6.04 Å². The van der Waals surface area contributed by atoms with Gasteiger partial charge < -0.3 is 16.0 Å². The average Bonchev–Trinajstić information content (AvgIpc) is 2.70. The van der Waals surface area contributed by atoms with Crippen molar-refractivity contribution in [2.24, 2.45) is 12.8 Å². The van der Waals surface area contributed by atoms with Gasteiger partial charge in [-0.1, -0.05) is 0 Å². The highest BCUT2D eigenvalue weighted by atomic mass is 16.2. The third-order valence-corrected chi connectivity index (χ3v) is 2.42. The van der Waals surface area contributed by atoms with Crippen molar-refractivity contribution in [1.29, 1.82) is 0 Å². The van der Waals surface area contributed by atoms with E-state index < -0.39 is 6.04 Å². The highest BCUT2D eigenvalue weighted by Crippen LogP contribution is 2.10. The van der Waals surface area contributed by atoms with Gasteiger partial charge in [0, 0.05) is 38.9 Å². The number of aromatic nitrogens is 2. The van der Waals surface area contributed by atoms with Crippen LogP contribution >= 0.6 is 0 Å². The molecule has 3 N–H and O–H groups in total. The van der Waals surface area contributed by atoms with Crippen LogP contribution in [0.1, 0.15) is 11.6 Å². The van der Waals surface area contributed by atoms with Crippen LogP contribution in [0, 0.1) is 0 Å². The van der Waals surface area contributed by atoms with Crippen LogP contribution in [0.2, 0.25) is 0 Å². The number of nitrogens with two attached hydrogens (primary N) is 1. The zero-order valence-corrected chi connectivity index (χ0v) is 9.97. The Bertz CT molecular complexity index is 349. The lowest BCUT2D eigenvalue weighted by Gasteiger charge is -2.20. The first-order valence-corrected chi connectivity index (χ1v) is 5.20. The Morgan fingerprint density at radius 1 is 1.75 bits per heavy atom. The molecule has 1 unspecified atom stereocenters. The molecule has 1 atom stereocenters. The van der Waals surface area contributed by atoms with E-state index in [2.05, 4.69) is 10.4 Å². The fourth-order valence-corrected chi connectivity index (χ4v) is 1.37. The van der Waals surface area contributed by atoms with E-state index in [1.54, 1.807) is 36.1 Å². The lowest BCUT2D eigenvalue weighted by Crippen LogP contribution is -2.38. The van der Waals surface area contributed by atoms with E-state index in [0.717, 1.165) is 12.1 Å². The maximum Gasteiger partial charge on any atom is 0.243 e. The zero-order chi connectivity index (χ0) is 12.1. The number of carbonyl (C=O) groups is 1. The van der Waals surface area contributed by atoms with E-state index in [0.29, 0.717) is 6.54 Å². The molecule has 0 aliphatic carbocycles. The molecular formula is C10H19N5O. The van der Waals surface area contributed by atoms with Gasteiger partial charge in [0.05, 0.1) is 6.20 Å². The molecular weight excluding hydrogens is 206 g/mol. The molecule has 0 radical (unpaired) electrons. The minimum Gasteiger partial charge on any atom is -0.343 e. The van der Waals surface area contributed by atoms with Gasteiger partial charge in [0.2, 0.25) is 5.91 Å². The van der Waals surface area contributed by atoms with E-state index in [1.165, 1.54) is 0 Å². The van der Waals surface area contributed by atoms with Crippen LogP contribution in [0.3, 0.4) is 0 Å². The summed E-state index contributed by atoms with van der Waals surface area (Å²) in [4.78, 5) is 13.5. The number of amides is 1. The molecule has 1 aromatic rings. The third kappa shape index (κ3) is 3.04. The van der Waals surface area contributed by atoms with Crippen molar-refractivity contribution in [2.75, 3.05) is 27.2 Å². The van der Waals surface area contributed by atoms with Crippen molar-refractivity contribution in [3.05, 3.63) is 18.0 Å². The fraction of sp³-hybridized carbons (Fsp3) is 0.600. The van der Waals surface area contributed by atoms with E-state index in [9.17, 15) is 4.79 Å². The maximum absolute atomic E-state index is 11.9. The van der Waals surface area contributed by atoms with Gasteiger partial charge in [0.25, 0.3) is 0 Å². The summed E-state index contributed by atoms with van der Waals surface area (Å²) in [6, 6.07) is -0.629. The van der Waals surface area contributed by atoms with Gasteiger partial charge >= 0.3 is 0 Å². The molecule has 0 saturated carbocycles. The Hall–Kier alpha value is -1.40. The molecule has 1 heterocycles. The topological polar surface area (TPSA) is 76.2 Å². The molecule has 6 nitrogen and oxygen atoms in total. The second-order valence-electron chi connectivity index (χ2n) is 3.79. The summed E-state index contributed by atoms with van der Waals surface area (Å²) in [5.74, 6) is -0.0942. The first-order chi connectivity index (χ1) is 7.56. The number of nitrogens with zero attached hydrogens (tertiary/aromatic N) is 3. The van der Waals surface area contributed by atoms with Crippen LogP contribution in [0.5, 0.6) is 0 Å². The van der Waals surface area contributed by atoms with Crippen LogP contribution in [-0.4, -0.2) is 47.8 Å². The first-order valence-electron chi connectivity index (χ1n) is 5.20. The second kappa shape index (κ2) is 5.62. The minimum atomic E-state index is -0.629. The van der Waals surface area contributed by atoms with E-state index in [1.807, 2.05) is 7.05 Å². The summed E-state index contributed by atoms with van der Waals surface area (Å²) in [6.45, 7) is 1.39. The van der Waals surface area contributed by atoms with Crippen LogP contribution < -0.4 is 11.1 Å². The molecule has 0 aromatic carbocycles. The number of rotatable bonds is 5. The molecule has 16 heavy (non-hydrogen) atoms. The zero-order valence-electron chi connectivity index (χ0n) is 9.97. The fourth-order valence-electron chi connectivity index (χ4n) is 1.37. The lowest BCUT2D eigenvalue weighted by molar-refractivity contribution is -0.131. The largest absolute Gasteiger partial charge is 0.343 e. The van der Waals surface area contributed by atoms with Crippen molar-refractivity contribution in [3.63, 3.8) is 0 Å². The third-order valence-electron chi connectivity index (χ3n) is 2.42. The van der Waals surface area contributed by atoms with Gasteiger partial charge in [-0.3, -0.25) is 9.48 Å². The van der Waals surface area contributed by atoms with Crippen LogP contribution in [0.15, 0.2) is 12.4 Å². The summed E-state index contributed by atoms with van der Waals surface area (Å²) in [7, 11) is 5.39. The highest BCUT2D eigenvalue weighted by Gasteiger charge is 2.20. The number of hydrogen-bond donors (Lipinski definition) is 2. The molecule has 6 heteroatoms. The van der Waals surface area contributed by atoms with E-state index in [-0.39, 0.29) is 5.91 Å². The lowest BCUT2D eigenvalue weighted by atomic mass is 10.1. The average molecular weight is 225 g/mol. The molecule has 0 bridgehead atoms. The summed E-state index contributed by atoms with van der Waals surface area (Å²) < 4.78 is 1.63. The summed E-state index contributed by atoms with van der Waals surface area (Å²) in [5.41, 5.74) is 6.60. The summed E-state index contributed by atoms with van der Waals surface area (Å²) in [6.07, 6.45) is 3.38. The Morgan fingerprint density at radius 3 is 2.94 bits per heavy atom. The molecule has 0 spiro atoms. The van der Waals surface area contributed by atoms with Crippen LogP contribution in [0.4, 0.5) is 0 Å². The molecule has 0 aliphatic rings. The molecule has 1 rings (SSSR count). The molecule has 1 amide bonds. The Morgan fingerprint density at radius 2 is 2.44 bits per heavy atom. The molecule has 0 saturated heterocycles. The Kier molecular flexibility index (Phi) is 4.45. The van der Waals surface area contributed by atoms with Gasteiger partial charge in [-0.25, -0.2) is 0 Å². The van der Waals surface area contributed by atoms with Crippen LogP contribution in [-0.2, 0) is 11.8 Å². The molecule has 90 valence electrons. The first kappa shape index (κ1) is 12.7. The molecule has 0 fully saturated rings. The van der Waals surface area contributed by atoms with Gasteiger partial charge in [-0.15, -0.1) is 0 Å². The smallest absolute Gasteiger partial charge is 0.243 e. The maximum atomic E-state index is 11.9. The summed E-state index contributed by atoms with van der Waals surface area (Å²) in [5, 5.41) is 6.98. The SMILES string of the molecule is CNCCN(C)C(=O)C(N)c1cnn(C)c1. The number of carbonyl (C=O) groups excluding carboxylic acids is 1. The molecule has 1 aromatic heterocycles. The number of hydrogen-bond acceptors (Lipinski definition) is 4. The monoisotopic (exact) mass is 225 g/mol. The van der Waals surface area contributed by atoms with Crippen molar-refractivity contribution < 1.29 is 4.79 Å². The minimum absolute atomic E-state index is 0.0942. The van der Waals surface area contributed by atoms with Crippen molar-refractivity contribution >= 4 is 5.91 Å². The van der Waals surface area contributed by atoms with Gasteiger partial charge in [-0.2, -0.15) is 5.10 Å². The summed E-state index contributed by atoms with van der Waals surface area (Å²) >= 11 is 0. The number of likely N-dealkylation sites (N-methyl/N-ethyl adjacent to an activating group) is 2. The highest BCUT2D eigenvalue weighted by molar-refractivity contribution is 5.82. The van der Waals surface area contributed by atoms with Gasteiger partial charge in [0.15, 0.2) is 0 Å². The normalized spacial score (nSPS) is 12.5. The Balaban J connectivity index is 2.59. The van der Waals surface area contributed by atoms with Crippen LogP contribution in [0.25, 0.3) is 0 Å². The van der Waals surface area contributed by atoms with Gasteiger partial charge in [-0.05, 0) is 7.05 Å². The standard InChI is InChI=1S/C10H19N5O/c1-12-4-5-14(2)10(16)9(11)8-6-13-15(3)7-8/h6-7,9,12H,4-5,11H2,1-3H3. The number of nitrogens with one attached hydrogen (secondary N) is 1. The van der Waals surface area contributed by atoms with Crippen molar-refractivity contribution in [3.8, 4) is 0 Å². The van der Waals surface area contributed by atoms with E-state index in [4.69, 9.17) is 5.73 Å². The predicted octanol–water partition coefficient (Wildman–Crippen LogP) is -0.902. The number of aryl methyl sites for hydroxylation is 1.